The van der Waals surface area contributed by atoms with E-state index in [4.69, 9.17) is 10.6 Å². The smallest absolute Gasteiger partial charge is 0.339 e. The summed E-state index contributed by atoms with van der Waals surface area (Å²) in [6.07, 6.45) is 6.05. The zero-order valence-electron chi connectivity index (χ0n) is 16.2. The molecule has 1 aliphatic carbocycles. The van der Waals surface area contributed by atoms with Crippen LogP contribution in [0.4, 0.5) is 0 Å². The van der Waals surface area contributed by atoms with Gasteiger partial charge in [0.15, 0.2) is 0 Å². The maximum absolute atomic E-state index is 12.0. The van der Waals surface area contributed by atoms with Gasteiger partial charge in [0.25, 0.3) is 5.91 Å². The molecule has 3 rings (SSSR count). The molecule has 0 heterocycles. The van der Waals surface area contributed by atoms with Crippen LogP contribution in [-0.4, -0.2) is 18.4 Å². The van der Waals surface area contributed by atoms with Gasteiger partial charge in [-0.25, -0.2) is 4.79 Å². The molecule has 5 nitrogen and oxygen atoms in total. The van der Waals surface area contributed by atoms with E-state index in [1.165, 1.54) is 11.1 Å². The zero-order valence-corrected chi connectivity index (χ0v) is 16.2. The second kappa shape index (κ2) is 9.51. The molecule has 28 heavy (non-hydrogen) atoms. The predicted molar refractivity (Wildman–Crippen MR) is 108 cm³/mol. The number of unbranched alkanes of at least 4 members (excludes halogenated alkanes) is 1. The molecule has 0 unspecified atom stereocenters. The molecule has 1 aliphatic rings. The van der Waals surface area contributed by atoms with Crippen molar-refractivity contribution in [2.75, 3.05) is 6.54 Å². The van der Waals surface area contributed by atoms with Gasteiger partial charge in [0.05, 0.1) is 11.8 Å². The Morgan fingerprint density at radius 3 is 2.04 bits per heavy atom. The third-order valence-electron chi connectivity index (χ3n) is 5.35. The summed E-state index contributed by atoms with van der Waals surface area (Å²) in [4.78, 5) is 28.7. The van der Waals surface area contributed by atoms with Gasteiger partial charge in [0, 0.05) is 6.54 Å². The molecule has 0 saturated heterocycles. The number of hydroxylamine groups is 1. The van der Waals surface area contributed by atoms with E-state index in [1.807, 2.05) is 18.2 Å². The Hall–Kier alpha value is -2.66. The molecule has 2 aromatic rings. The highest BCUT2D eigenvalue weighted by Gasteiger charge is 2.50. The summed E-state index contributed by atoms with van der Waals surface area (Å²) in [5.41, 5.74) is 10.8. The summed E-state index contributed by atoms with van der Waals surface area (Å²) in [6, 6.07) is 18.6. The number of nitrogens with two attached hydrogens (primary N) is 1. The van der Waals surface area contributed by atoms with E-state index >= 15 is 0 Å². The maximum atomic E-state index is 12.0. The van der Waals surface area contributed by atoms with Crippen LogP contribution in [0.15, 0.2) is 54.6 Å². The first-order valence-corrected chi connectivity index (χ1v) is 9.93. The average molecular weight is 380 g/mol. The standard InChI is InChI=1S/C23H28N2O3/c24-17-23(14-15-23)22(27)28-25-21(26)16-20-12-10-19(11-13-20)9-5-4-8-18-6-2-1-3-7-18/h1-3,6-7,10-13H,4-5,8-9,14-17,24H2,(H,25,26). The molecule has 0 aliphatic heterocycles. The highest BCUT2D eigenvalue weighted by Crippen LogP contribution is 2.45. The summed E-state index contributed by atoms with van der Waals surface area (Å²) in [5, 5.41) is 0. The molecular formula is C23H28N2O3. The predicted octanol–water partition coefficient (Wildman–Crippen LogP) is 3.11. The third-order valence-corrected chi connectivity index (χ3v) is 5.35. The fraction of sp³-hybridized carbons (Fsp3) is 0.391. The van der Waals surface area contributed by atoms with Crippen molar-refractivity contribution in [2.24, 2.45) is 11.1 Å². The molecule has 0 bridgehead atoms. The topological polar surface area (TPSA) is 81.4 Å². The summed E-state index contributed by atoms with van der Waals surface area (Å²) in [7, 11) is 0. The number of aryl methyl sites for hydroxylation is 2. The van der Waals surface area contributed by atoms with Gasteiger partial charge in [0.1, 0.15) is 0 Å². The van der Waals surface area contributed by atoms with Crippen molar-refractivity contribution >= 4 is 11.9 Å². The fourth-order valence-corrected chi connectivity index (χ4v) is 3.20. The van der Waals surface area contributed by atoms with Gasteiger partial charge in [-0.3, -0.25) is 4.79 Å². The largest absolute Gasteiger partial charge is 0.340 e. The number of carbonyl (C=O) groups is 2. The molecule has 5 heteroatoms. The number of hydrogen-bond donors (Lipinski definition) is 2. The Bertz CT molecular complexity index is 783. The van der Waals surface area contributed by atoms with Crippen LogP contribution in [0.1, 0.15) is 42.4 Å². The van der Waals surface area contributed by atoms with E-state index in [9.17, 15) is 9.59 Å². The Balaban J connectivity index is 1.35. The number of hydrogen-bond acceptors (Lipinski definition) is 4. The lowest BCUT2D eigenvalue weighted by Gasteiger charge is -2.11. The van der Waals surface area contributed by atoms with E-state index in [0.717, 1.165) is 44.1 Å². The molecule has 0 spiro atoms. The van der Waals surface area contributed by atoms with Crippen molar-refractivity contribution < 1.29 is 14.4 Å². The van der Waals surface area contributed by atoms with Crippen LogP contribution in [0.3, 0.4) is 0 Å². The molecule has 0 aromatic heterocycles. The van der Waals surface area contributed by atoms with Gasteiger partial charge in [-0.05, 0) is 55.2 Å². The molecular weight excluding hydrogens is 352 g/mol. The minimum Gasteiger partial charge on any atom is -0.340 e. The van der Waals surface area contributed by atoms with Crippen LogP contribution in [0, 0.1) is 5.41 Å². The van der Waals surface area contributed by atoms with Gasteiger partial charge >= 0.3 is 5.97 Å². The average Bonchev–Trinajstić information content (AvgIpc) is 3.53. The number of benzene rings is 2. The van der Waals surface area contributed by atoms with Crippen molar-refractivity contribution in [3.63, 3.8) is 0 Å². The normalized spacial score (nSPS) is 14.3. The van der Waals surface area contributed by atoms with Crippen molar-refractivity contribution in [2.45, 2.75) is 44.9 Å². The zero-order chi connectivity index (χ0) is 19.8. The molecule has 3 N–H and O–H groups in total. The molecule has 2 aromatic carbocycles. The molecule has 0 radical (unpaired) electrons. The van der Waals surface area contributed by atoms with Crippen LogP contribution in [-0.2, 0) is 33.7 Å². The van der Waals surface area contributed by atoms with Crippen molar-refractivity contribution in [3.05, 3.63) is 71.3 Å². The van der Waals surface area contributed by atoms with E-state index in [2.05, 4.69) is 41.9 Å². The van der Waals surface area contributed by atoms with E-state index in [-0.39, 0.29) is 18.9 Å². The Morgan fingerprint density at radius 1 is 0.893 bits per heavy atom. The first kappa shape index (κ1) is 20.1. The van der Waals surface area contributed by atoms with Crippen molar-refractivity contribution in [3.8, 4) is 0 Å². The lowest BCUT2D eigenvalue weighted by atomic mass is 10.0. The summed E-state index contributed by atoms with van der Waals surface area (Å²) in [6.45, 7) is 0.258. The second-order valence-corrected chi connectivity index (χ2v) is 7.59. The minimum absolute atomic E-state index is 0.178. The van der Waals surface area contributed by atoms with Crippen LogP contribution >= 0.6 is 0 Å². The van der Waals surface area contributed by atoms with E-state index < -0.39 is 11.4 Å². The summed E-state index contributed by atoms with van der Waals surface area (Å²) in [5.74, 6) is -0.772. The Kier molecular flexibility index (Phi) is 6.82. The number of nitrogens with one attached hydrogen (secondary N) is 1. The highest BCUT2D eigenvalue weighted by molar-refractivity contribution is 5.83. The fourth-order valence-electron chi connectivity index (χ4n) is 3.20. The van der Waals surface area contributed by atoms with E-state index in [0.29, 0.717) is 0 Å². The number of amides is 1. The van der Waals surface area contributed by atoms with Gasteiger partial charge in [0.2, 0.25) is 0 Å². The lowest BCUT2D eigenvalue weighted by Crippen LogP contribution is -2.35. The van der Waals surface area contributed by atoms with Gasteiger partial charge in [-0.1, -0.05) is 54.6 Å². The van der Waals surface area contributed by atoms with Gasteiger partial charge < -0.3 is 10.6 Å². The van der Waals surface area contributed by atoms with Crippen molar-refractivity contribution in [1.82, 2.24) is 5.48 Å². The number of carbonyl (C=O) groups excluding carboxylic acids is 2. The first-order valence-electron chi connectivity index (χ1n) is 9.93. The second-order valence-electron chi connectivity index (χ2n) is 7.59. The lowest BCUT2D eigenvalue weighted by molar-refractivity contribution is -0.163. The van der Waals surface area contributed by atoms with Crippen molar-refractivity contribution in [1.29, 1.82) is 0 Å². The minimum atomic E-state index is -0.574. The third kappa shape index (κ3) is 5.67. The molecule has 1 amide bonds. The molecule has 148 valence electrons. The van der Waals surface area contributed by atoms with Gasteiger partial charge in [-0.15, -0.1) is 0 Å². The van der Waals surface area contributed by atoms with Crippen LogP contribution in [0.2, 0.25) is 0 Å². The monoisotopic (exact) mass is 380 g/mol. The Labute approximate surface area is 166 Å². The summed E-state index contributed by atoms with van der Waals surface area (Å²) >= 11 is 0. The summed E-state index contributed by atoms with van der Waals surface area (Å²) < 4.78 is 0. The van der Waals surface area contributed by atoms with E-state index in [1.54, 1.807) is 0 Å². The highest BCUT2D eigenvalue weighted by atomic mass is 16.7. The number of rotatable bonds is 9. The van der Waals surface area contributed by atoms with Crippen LogP contribution in [0.5, 0.6) is 0 Å². The van der Waals surface area contributed by atoms with Crippen LogP contribution in [0.25, 0.3) is 0 Å². The SMILES string of the molecule is NCC1(C(=O)ONC(=O)Cc2ccc(CCCCc3ccccc3)cc2)CC1. The van der Waals surface area contributed by atoms with Crippen LogP contribution < -0.4 is 11.2 Å². The Morgan fingerprint density at radius 2 is 1.46 bits per heavy atom. The first-order chi connectivity index (χ1) is 13.6. The maximum Gasteiger partial charge on any atom is 0.339 e. The quantitative estimate of drug-likeness (QED) is 0.517. The molecule has 1 fully saturated rings. The molecule has 0 atom stereocenters. The van der Waals surface area contributed by atoms with Gasteiger partial charge in [-0.2, -0.15) is 5.48 Å². The molecule has 1 saturated carbocycles.